The van der Waals surface area contributed by atoms with Gasteiger partial charge in [0, 0.05) is 10.0 Å². The second-order valence-corrected chi connectivity index (χ2v) is 5.94. The lowest BCUT2D eigenvalue weighted by Crippen LogP contribution is -2.52. The fraction of sp³-hybridized carbons (Fsp3) is 0.385. The van der Waals surface area contributed by atoms with Gasteiger partial charge in [-0.15, -0.1) is 0 Å². The van der Waals surface area contributed by atoms with Crippen molar-refractivity contribution >= 4 is 39.4 Å². The molecule has 2 rings (SSSR count). The zero-order valence-corrected chi connectivity index (χ0v) is 12.4. The molecular weight excluding hydrogens is 334 g/mol. The Morgan fingerprint density at radius 1 is 1.32 bits per heavy atom. The Bertz CT molecular complexity index is 527. The molecule has 1 fully saturated rings. The number of hydrogen-bond acceptors (Lipinski definition) is 2. The van der Waals surface area contributed by atoms with Crippen LogP contribution in [0.15, 0.2) is 22.7 Å². The van der Waals surface area contributed by atoms with Gasteiger partial charge in [-0.2, -0.15) is 0 Å². The van der Waals surface area contributed by atoms with Crippen LogP contribution in [0.3, 0.4) is 0 Å². The first-order valence-corrected chi connectivity index (χ1v) is 7.13. The smallest absolute Gasteiger partial charge is 0.329 e. The first-order valence-electron chi connectivity index (χ1n) is 5.95. The third-order valence-corrected chi connectivity index (χ3v) is 4.62. The van der Waals surface area contributed by atoms with E-state index in [2.05, 4.69) is 21.2 Å². The van der Waals surface area contributed by atoms with Crippen molar-refractivity contribution in [1.82, 2.24) is 5.32 Å². The van der Waals surface area contributed by atoms with E-state index in [1.54, 1.807) is 18.2 Å². The van der Waals surface area contributed by atoms with E-state index in [4.69, 9.17) is 11.6 Å². The molecule has 0 heterocycles. The minimum Gasteiger partial charge on any atom is -0.480 e. The Kier molecular flexibility index (Phi) is 4.16. The molecule has 1 aromatic rings. The van der Waals surface area contributed by atoms with Gasteiger partial charge in [0.05, 0.1) is 5.02 Å². The minimum atomic E-state index is -1.12. The summed E-state index contributed by atoms with van der Waals surface area (Å²) >= 11 is 9.10. The number of rotatable bonds is 3. The molecule has 1 aromatic carbocycles. The molecule has 6 heteroatoms. The Labute approximate surface area is 124 Å². The van der Waals surface area contributed by atoms with Crippen molar-refractivity contribution in [2.45, 2.75) is 31.2 Å². The SMILES string of the molecule is O=C(NC1(C(=O)O)CCCC1)c1ccc(Cl)c(Br)c1. The maximum atomic E-state index is 12.1. The lowest BCUT2D eigenvalue weighted by molar-refractivity contribution is -0.144. The molecule has 0 radical (unpaired) electrons. The normalized spacial score (nSPS) is 17.2. The van der Waals surface area contributed by atoms with E-state index in [0.29, 0.717) is 27.9 Å². The van der Waals surface area contributed by atoms with Gasteiger partial charge >= 0.3 is 5.97 Å². The second-order valence-electron chi connectivity index (χ2n) is 4.68. The molecule has 1 aliphatic carbocycles. The molecule has 0 aliphatic heterocycles. The summed E-state index contributed by atoms with van der Waals surface area (Å²) in [6, 6.07) is 4.76. The molecule has 0 atom stereocenters. The number of carbonyl (C=O) groups is 2. The van der Waals surface area contributed by atoms with Crippen LogP contribution in [-0.2, 0) is 4.79 Å². The van der Waals surface area contributed by atoms with Crippen molar-refractivity contribution in [2.75, 3.05) is 0 Å². The molecular formula is C13H13BrClNO3. The van der Waals surface area contributed by atoms with Crippen LogP contribution in [0.25, 0.3) is 0 Å². The third kappa shape index (κ3) is 2.92. The van der Waals surface area contributed by atoms with E-state index in [9.17, 15) is 14.7 Å². The van der Waals surface area contributed by atoms with Crippen molar-refractivity contribution < 1.29 is 14.7 Å². The molecule has 2 N–H and O–H groups in total. The number of amides is 1. The van der Waals surface area contributed by atoms with Crippen molar-refractivity contribution in [3.63, 3.8) is 0 Å². The number of nitrogens with one attached hydrogen (secondary N) is 1. The van der Waals surface area contributed by atoms with E-state index >= 15 is 0 Å². The second kappa shape index (κ2) is 5.51. The largest absolute Gasteiger partial charge is 0.480 e. The standard InChI is InChI=1S/C13H13BrClNO3/c14-9-7-8(3-4-10(9)15)11(17)16-13(12(18)19)5-1-2-6-13/h3-4,7H,1-2,5-6H2,(H,16,17)(H,18,19). The van der Waals surface area contributed by atoms with Crippen molar-refractivity contribution in [1.29, 1.82) is 0 Å². The van der Waals surface area contributed by atoms with Gasteiger partial charge in [0.1, 0.15) is 5.54 Å². The number of carboxylic acids is 1. The predicted octanol–water partition coefficient (Wildman–Crippen LogP) is 3.23. The highest BCUT2D eigenvalue weighted by Crippen LogP contribution is 2.30. The van der Waals surface area contributed by atoms with Gasteiger partial charge < -0.3 is 10.4 Å². The summed E-state index contributed by atoms with van der Waals surface area (Å²) in [5.41, 5.74) is -0.729. The van der Waals surface area contributed by atoms with Crippen LogP contribution in [0.4, 0.5) is 0 Å². The Morgan fingerprint density at radius 3 is 2.47 bits per heavy atom. The van der Waals surface area contributed by atoms with Crippen LogP contribution in [0.1, 0.15) is 36.0 Å². The Hall–Kier alpha value is -1.07. The first-order chi connectivity index (χ1) is 8.94. The van der Waals surface area contributed by atoms with E-state index in [1.165, 1.54) is 0 Å². The number of carbonyl (C=O) groups excluding carboxylic acids is 1. The van der Waals surface area contributed by atoms with E-state index in [-0.39, 0.29) is 5.91 Å². The van der Waals surface area contributed by atoms with Gasteiger partial charge in [-0.05, 0) is 47.0 Å². The monoisotopic (exact) mass is 345 g/mol. The molecule has 0 spiro atoms. The summed E-state index contributed by atoms with van der Waals surface area (Å²) in [4.78, 5) is 23.5. The Morgan fingerprint density at radius 2 is 1.95 bits per heavy atom. The molecule has 1 aliphatic rings. The number of carboxylic acid groups (broad SMARTS) is 1. The molecule has 102 valence electrons. The maximum Gasteiger partial charge on any atom is 0.329 e. The molecule has 0 aromatic heterocycles. The number of aliphatic carboxylic acids is 1. The quantitative estimate of drug-likeness (QED) is 0.883. The number of hydrogen-bond donors (Lipinski definition) is 2. The lowest BCUT2D eigenvalue weighted by atomic mass is 9.97. The average Bonchev–Trinajstić information content (AvgIpc) is 2.82. The van der Waals surface area contributed by atoms with Gasteiger partial charge in [0.2, 0.25) is 0 Å². The summed E-state index contributed by atoms with van der Waals surface area (Å²) < 4.78 is 0.609. The van der Waals surface area contributed by atoms with E-state index in [1.807, 2.05) is 0 Å². The van der Waals surface area contributed by atoms with Crippen LogP contribution in [-0.4, -0.2) is 22.5 Å². The number of halogens is 2. The fourth-order valence-electron chi connectivity index (χ4n) is 2.30. The van der Waals surface area contributed by atoms with Crippen LogP contribution >= 0.6 is 27.5 Å². The Balaban J connectivity index is 2.20. The summed E-state index contributed by atoms with van der Waals surface area (Å²) in [5.74, 6) is -1.35. The molecule has 1 saturated carbocycles. The third-order valence-electron chi connectivity index (χ3n) is 3.40. The van der Waals surface area contributed by atoms with Crippen LogP contribution in [0.2, 0.25) is 5.02 Å². The molecule has 19 heavy (non-hydrogen) atoms. The summed E-state index contributed by atoms with van der Waals surface area (Å²) in [6.45, 7) is 0. The zero-order valence-electron chi connectivity index (χ0n) is 10.1. The van der Waals surface area contributed by atoms with Crippen molar-refractivity contribution in [3.8, 4) is 0 Å². The van der Waals surface area contributed by atoms with E-state index in [0.717, 1.165) is 12.8 Å². The molecule has 1 amide bonds. The zero-order chi connectivity index (χ0) is 14.0. The summed E-state index contributed by atoms with van der Waals surface area (Å²) in [7, 11) is 0. The average molecular weight is 347 g/mol. The van der Waals surface area contributed by atoms with E-state index < -0.39 is 11.5 Å². The van der Waals surface area contributed by atoms with Crippen LogP contribution < -0.4 is 5.32 Å². The first kappa shape index (κ1) is 14.3. The van der Waals surface area contributed by atoms with Gasteiger partial charge in [0.25, 0.3) is 5.91 Å². The molecule has 4 nitrogen and oxygen atoms in total. The van der Waals surface area contributed by atoms with Gasteiger partial charge in [0.15, 0.2) is 0 Å². The van der Waals surface area contributed by atoms with Crippen molar-refractivity contribution in [3.05, 3.63) is 33.3 Å². The molecule has 0 bridgehead atoms. The highest BCUT2D eigenvalue weighted by Gasteiger charge is 2.42. The highest BCUT2D eigenvalue weighted by atomic mass is 79.9. The highest BCUT2D eigenvalue weighted by molar-refractivity contribution is 9.10. The van der Waals surface area contributed by atoms with Crippen molar-refractivity contribution in [2.24, 2.45) is 0 Å². The maximum absolute atomic E-state index is 12.1. The minimum absolute atomic E-state index is 0.387. The van der Waals surface area contributed by atoms with Gasteiger partial charge in [-0.3, -0.25) is 4.79 Å². The van der Waals surface area contributed by atoms with Gasteiger partial charge in [-0.1, -0.05) is 24.4 Å². The van der Waals surface area contributed by atoms with Crippen LogP contribution in [0, 0.1) is 0 Å². The van der Waals surface area contributed by atoms with Gasteiger partial charge in [-0.25, -0.2) is 4.79 Å². The fourth-order valence-corrected chi connectivity index (χ4v) is 2.79. The lowest BCUT2D eigenvalue weighted by Gasteiger charge is -2.25. The topological polar surface area (TPSA) is 66.4 Å². The predicted molar refractivity (Wildman–Crippen MR) is 75.5 cm³/mol. The summed E-state index contributed by atoms with van der Waals surface area (Å²) in [6.07, 6.45) is 2.58. The van der Waals surface area contributed by atoms with Crippen LogP contribution in [0.5, 0.6) is 0 Å². The number of benzene rings is 1. The molecule has 0 unspecified atom stereocenters. The molecule has 0 saturated heterocycles. The summed E-state index contributed by atoms with van der Waals surface area (Å²) in [5, 5.41) is 12.5.